The van der Waals surface area contributed by atoms with Crippen LogP contribution in [0.15, 0.2) is 40.6 Å². The van der Waals surface area contributed by atoms with Crippen molar-refractivity contribution in [2.75, 3.05) is 5.32 Å². The van der Waals surface area contributed by atoms with Crippen LogP contribution in [0.4, 0.5) is 5.13 Å². The summed E-state index contributed by atoms with van der Waals surface area (Å²) in [5, 5.41) is 15.7. The third-order valence-corrected chi connectivity index (χ3v) is 4.64. The van der Waals surface area contributed by atoms with Gasteiger partial charge in [-0.05, 0) is 24.5 Å². The highest BCUT2D eigenvalue weighted by Crippen LogP contribution is 2.27. The standard InChI is InChI=1S/C18H19N3O3S/c1-11(2)7-9-21-13-6-4-3-5-12(13)15(22)14(17(21)24)16(23)20-18-19-8-10-25-18/h3-6,8,10-11,22H,7,9H2,1-2H3,(H,19,20,23). The van der Waals surface area contributed by atoms with E-state index < -0.39 is 11.5 Å². The number of rotatable bonds is 5. The quantitative estimate of drug-likeness (QED) is 0.732. The predicted octanol–water partition coefficient (Wildman–Crippen LogP) is 3.46. The van der Waals surface area contributed by atoms with Crippen LogP contribution < -0.4 is 10.9 Å². The van der Waals surface area contributed by atoms with Crippen LogP contribution in [-0.4, -0.2) is 20.6 Å². The van der Waals surface area contributed by atoms with Crippen molar-refractivity contribution in [2.24, 2.45) is 5.92 Å². The number of anilines is 1. The van der Waals surface area contributed by atoms with Crippen LogP contribution in [0.3, 0.4) is 0 Å². The lowest BCUT2D eigenvalue weighted by Crippen LogP contribution is -2.30. The molecule has 3 aromatic rings. The first-order valence-electron chi connectivity index (χ1n) is 8.04. The molecule has 0 atom stereocenters. The average molecular weight is 357 g/mol. The lowest BCUT2D eigenvalue weighted by atomic mass is 10.1. The topological polar surface area (TPSA) is 84.2 Å². The van der Waals surface area contributed by atoms with Gasteiger partial charge in [0.2, 0.25) is 0 Å². The molecule has 0 aliphatic heterocycles. The van der Waals surface area contributed by atoms with Crippen LogP contribution in [0.5, 0.6) is 5.75 Å². The predicted molar refractivity (Wildman–Crippen MR) is 99.4 cm³/mol. The number of carbonyl (C=O) groups is 1. The molecule has 1 aromatic carbocycles. The first kappa shape index (κ1) is 17.2. The van der Waals surface area contributed by atoms with E-state index in [1.807, 2.05) is 6.07 Å². The van der Waals surface area contributed by atoms with E-state index in [4.69, 9.17) is 0 Å². The molecule has 0 radical (unpaired) electrons. The molecule has 2 aromatic heterocycles. The maximum absolute atomic E-state index is 12.9. The highest BCUT2D eigenvalue weighted by molar-refractivity contribution is 7.13. The largest absolute Gasteiger partial charge is 0.506 e. The summed E-state index contributed by atoms with van der Waals surface area (Å²) in [5.41, 5.74) is -0.125. The van der Waals surface area contributed by atoms with E-state index in [9.17, 15) is 14.7 Å². The zero-order valence-electron chi connectivity index (χ0n) is 14.0. The Morgan fingerprint density at radius 3 is 2.80 bits per heavy atom. The van der Waals surface area contributed by atoms with Crippen molar-refractivity contribution >= 4 is 33.3 Å². The average Bonchev–Trinajstić information content (AvgIpc) is 3.07. The summed E-state index contributed by atoms with van der Waals surface area (Å²) in [6, 6.07) is 7.06. The molecular weight excluding hydrogens is 338 g/mol. The number of pyridine rings is 1. The Balaban J connectivity index is 2.14. The second-order valence-electron chi connectivity index (χ2n) is 6.17. The number of fused-ring (bicyclic) bond motifs is 1. The highest BCUT2D eigenvalue weighted by atomic mass is 32.1. The van der Waals surface area contributed by atoms with Crippen molar-refractivity contribution < 1.29 is 9.90 Å². The minimum atomic E-state index is -0.651. The van der Waals surface area contributed by atoms with Gasteiger partial charge in [0.15, 0.2) is 5.13 Å². The van der Waals surface area contributed by atoms with E-state index in [-0.39, 0.29) is 11.3 Å². The fourth-order valence-electron chi connectivity index (χ4n) is 2.65. The smallest absolute Gasteiger partial charge is 0.267 e. The molecule has 0 saturated heterocycles. The van der Waals surface area contributed by atoms with E-state index in [2.05, 4.69) is 24.1 Å². The summed E-state index contributed by atoms with van der Waals surface area (Å²) < 4.78 is 1.56. The maximum atomic E-state index is 12.9. The zero-order valence-corrected chi connectivity index (χ0v) is 14.8. The van der Waals surface area contributed by atoms with Gasteiger partial charge >= 0.3 is 0 Å². The first-order valence-corrected chi connectivity index (χ1v) is 8.92. The summed E-state index contributed by atoms with van der Waals surface area (Å²) in [6.45, 7) is 4.63. The van der Waals surface area contributed by atoms with Gasteiger partial charge in [-0.2, -0.15) is 0 Å². The van der Waals surface area contributed by atoms with Crippen molar-refractivity contribution in [3.05, 3.63) is 51.8 Å². The number of hydrogen-bond donors (Lipinski definition) is 2. The number of aromatic nitrogens is 2. The van der Waals surface area contributed by atoms with Gasteiger partial charge in [0.25, 0.3) is 11.5 Å². The molecule has 0 saturated carbocycles. The molecule has 3 rings (SSSR count). The monoisotopic (exact) mass is 357 g/mol. The number of amides is 1. The van der Waals surface area contributed by atoms with E-state index in [0.717, 1.165) is 6.42 Å². The molecule has 6 nitrogen and oxygen atoms in total. The third kappa shape index (κ3) is 3.41. The van der Waals surface area contributed by atoms with Crippen LogP contribution in [0.2, 0.25) is 0 Å². The molecule has 1 amide bonds. The number of aromatic hydroxyl groups is 1. The van der Waals surface area contributed by atoms with Crippen LogP contribution in [0, 0.1) is 5.92 Å². The van der Waals surface area contributed by atoms with Crippen LogP contribution in [0.1, 0.15) is 30.6 Å². The molecule has 2 N–H and O–H groups in total. The minimum absolute atomic E-state index is 0.252. The van der Waals surface area contributed by atoms with Gasteiger partial charge < -0.3 is 9.67 Å². The molecule has 0 aliphatic rings. The van der Waals surface area contributed by atoms with Crippen LogP contribution >= 0.6 is 11.3 Å². The SMILES string of the molecule is CC(C)CCn1c(=O)c(C(=O)Nc2nccs2)c(O)c2ccccc21. The lowest BCUT2D eigenvalue weighted by Gasteiger charge is -2.15. The van der Waals surface area contributed by atoms with Gasteiger partial charge in [-0.15, -0.1) is 11.3 Å². The van der Waals surface area contributed by atoms with E-state index in [1.54, 1.807) is 34.3 Å². The fourth-order valence-corrected chi connectivity index (χ4v) is 3.17. The van der Waals surface area contributed by atoms with Crippen molar-refractivity contribution in [3.63, 3.8) is 0 Å². The van der Waals surface area contributed by atoms with Gasteiger partial charge in [-0.1, -0.05) is 26.0 Å². The van der Waals surface area contributed by atoms with Crippen molar-refractivity contribution in [1.29, 1.82) is 0 Å². The molecule has 0 aliphatic carbocycles. The lowest BCUT2D eigenvalue weighted by molar-refractivity contribution is 0.102. The van der Waals surface area contributed by atoms with Gasteiger partial charge in [0.05, 0.1) is 5.52 Å². The van der Waals surface area contributed by atoms with E-state index >= 15 is 0 Å². The minimum Gasteiger partial charge on any atom is -0.506 e. The molecule has 0 spiro atoms. The normalized spacial score (nSPS) is 11.2. The number of benzene rings is 1. The second-order valence-corrected chi connectivity index (χ2v) is 7.07. The number of nitrogens with one attached hydrogen (secondary N) is 1. The fraction of sp³-hybridized carbons (Fsp3) is 0.278. The molecular formula is C18H19N3O3S. The Kier molecular flexibility index (Phi) is 4.85. The van der Waals surface area contributed by atoms with Crippen molar-refractivity contribution in [1.82, 2.24) is 9.55 Å². The Hall–Kier alpha value is -2.67. The van der Waals surface area contributed by atoms with Crippen LogP contribution in [-0.2, 0) is 6.54 Å². The molecule has 25 heavy (non-hydrogen) atoms. The number of hydrogen-bond acceptors (Lipinski definition) is 5. The summed E-state index contributed by atoms with van der Waals surface area (Å²) in [7, 11) is 0. The van der Waals surface area contributed by atoms with Gasteiger partial charge in [0, 0.05) is 23.5 Å². The first-order chi connectivity index (χ1) is 12.0. The summed E-state index contributed by atoms with van der Waals surface area (Å²) in [6.07, 6.45) is 2.35. The van der Waals surface area contributed by atoms with Crippen molar-refractivity contribution in [2.45, 2.75) is 26.8 Å². The molecule has 2 heterocycles. The Bertz CT molecular complexity index is 962. The Morgan fingerprint density at radius 1 is 1.36 bits per heavy atom. The number of carbonyl (C=O) groups excluding carboxylic acids is 1. The number of para-hydroxylation sites is 1. The van der Waals surface area contributed by atoms with Gasteiger partial charge in [-0.25, -0.2) is 4.98 Å². The summed E-state index contributed by atoms with van der Waals surface area (Å²) >= 11 is 1.25. The molecule has 0 unspecified atom stereocenters. The van der Waals surface area contributed by atoms with Crippen LogP contribution in [0.25, 0.3) is 10.9 Å². The zero-order chi connectivity index (χ0) is 18.0. The molecule has 0 bridgehead atoms. The molecule has 130 valence electrons. The summed E-state index contributed by atoms with van der Waals surface area (Å²) in [4.78, 5) is 29.5. The van der Waals surface area contributed by atoms with Crippen molar-refractivity contribution in [3.8, 4) is 5.75 Å². The summed E-state index contributed by atoms with van der Waals surface area (Å²) in [5.74, 6) is -0.538. The second kappa shape index (κ2) is 7.06. The number of aryl methyl sites for hydroxylation is 1. The molecule has 0 fully saturated rings. The molecule has 7 heteroatoms. The highest BCUT2D eigenvalue weighted by Gasteiger charge is 2.22. The Labute approximate surface area is 148 Å². The Morgan fingerprint density at radius 2 is 2.12 bits per heavy atom. The van der Waals surface area contributed by atoms with Gasteiger partial charge in [0.1, 0.15) is 11.3 Å². The van der Waals surface area contributed by atoms with E-state index in [0.29, 0.717) is 28.5 Å². The van der Waals surface area contributed by atoms with Gasteiger partial charge in [-0.3, -0.25) is 14.9 Å². The number of thiazole rings is 1. The maximum Gasteiger partial charge on any atom is 0.267 e. The third-order valence-electron chi connectivity index (χ3n) is 3.96. The number of nitrogens with zero attached hydrogens (tertiary/aromatic N) is 2. The van der Waals surface area contributed by atoms with E-state index in [1.165, 1.54) is 11.3 Å².